The van der Waals surface area contributed by atoms with E-state index in [1.807, 2.05) is 4.90 Å². The summed E-state index contributed by atoms with van der Waals surface area (Å²) in [6.45, 7) is 1.42. The molecule has 0 spiro atoms. The molecule has 2 aromatic carbocycles. The Balaban J connectivity index is 1.40. The van der Waals surface area contributed by atoms with Crippen LogP contribution < -0.4 is 5.32 Å². The number of hydrogen-bond donors (Lipinski definition) is 1. The second-order valence-electron chi connectivity index (χ2n) is 8.52. The Morgan fingerprint density at radius 3 is 2.33 bits per heavy atom. The van der Waals surface area contributed by atoms with E-state index in [4.69, 9.17) is 0 Å². The van der Waals surface area contributed by atoms with E-state index in [-0.39, 0.29) is 23.4 Å². The number of amides is 1. The summed E-state index contributed by atoms with van der Waals surface area (Å²) in [5.74, 6) is -0.301. The fourth-order valence-electron chi connectivity index (χ4n) is 3.98. The van der Waals surface area contributed by atoms with Crippen LogP contribution in [0.15, 0.2) is 53.4 Å². The summed E-state index contributed by atoms with van der Waals surface area (Å²) in [4.78, 5) is 14.8. The maximum absolute atomic E-state index is 12.8. The number of anilines is 1. The zero-order valence-corrected chi connectivity index (χ0v) is 18.8. The lowest BCUT2D eigenvalue weighted by Crippen LogP contribution is -2.34. The predicted molar refractivity (Wildman–Crippen MR) is 118 cm³/mol. The van der Waals surface area contributed by atoms with Crippen LogP contribution in [0.3, 0.4) is 0 Å². The molecule has 10 heteroatoms. The fraction of sp³-hybridized carbons (Fsp3) is 0.435. The molecule has 4 rings (SSSR count). The molecule has 0 radical (unpaired) electrons. The zero-order chi connectivity index (χ0) is 23.6. The van der Waals surface area contributed by atoms with Gasteiger partial charge in [-0.25, -0.2) is 8.42 Å². The van der Waals surface area contributed by atoms with Gasteiger partial charge in [0.1, 0.15) is 0 Å². The zero-order valence-electron chi connectivity index (χ0n) is 18.0. The van der Waals surface area contributed by atoms with Crippen LogP contribution in [0.1, 0.15) is 36.8 Å². The van der Waals surface area contributed by atoms with Crippen LogP contribution in [0.2, 0.25) is 0 Å². The molecule has 33 heavy (non-hydrogen) atoms. The number of rotatable bonds is 8. The number of nitrogens with one attached hydrogen (secondary N) is 1. The number of sulfonamides is 1. The first-order valence-corrected chi connectivity index (χ1v) is 12.4. The summed E-state index contributed by atoms with van der Waals surface area (Å²) >= 11 is 0. The van der Waals surface area contributed by atoms with Gasteiger partial charge in [-0.1, -0.05) is 18.2 Å². The van der Waals surface area contributed by atoms with Crippen molar-refractivity contribution in [3.8, 4) is 0 Å². The summed E-state index contributed by atoms with van der Waals surface area (Å²) in [6.07, 6.45) is -0.850. The highest BCUT2D eigenvalue weighted by Crippen LogP contribution is 2.31. The van der Waals surface area contributed by atoms with Gasteiger partial charge in [-0.05, 0) is 61.6 Å². The minimum absolute atomic E-state index is 0.0643. The van der Waals surface area contributed by atoms with Crippen molar-refractivity contribution >= 4 is 21.6 Å². The Morgan fingerprint density at radius 2 is 1.73 bits per heavy atom. The highest BCUT2D eigenvalue weighted by Gasteiger charge is 2.32. The Labute approximate surface area is 191 Å². The molecule has 178 valence electrons. The molecule has 1 saturated carbocycles. The number of hydrogen-bond acceptors (Lipinski definition) is 4. The van der Waals surface area contributed by atoms with Gasteiger partial charge in [0, 0.05) is 31.4 Å². The maximum atomic E-state index is 12.8. The van der Waals surface area contributed by atoms with Gasteiger partial charge in [-0.15, -0.1) is 0 Å². The SMILES string of the molecule is O=C(CN(Cc1ccc(C(F)(F)F)cc1)C1CC1)Nc1cccc(S(=O)(=O)N2CCCC2)c1. The van der Waals surface area contributed by atoms with Crippen LogP contribution >= 0.6 is 0 Å². The van der Waals surface area contributed by atoms with Crippen LogP contribution in [0.25, 0.3) is 0 Å². The molecule has 1 aliphatic carbocycles. The molecule has 1 N–H and O–H groups in total. The second-order valence-corrected chi connectivity index (χ2v) is 10.5. The highest BCUT2D eigenvalue weighted by atomic mass is 32.2. The monoisotopic (exact) mass is 481 g/mol. The quantitative estimate of drug-likeness (QED) is 0.617. The summed E-state index contributed by atoms with van der Waals surface area (Å²) in [7, 11) is -3.59. The Bertz CT molecular complexity index is 1090. The first-order valence-electron chi connectivity index (χ1n) is 10.9. The van der Waals surface area contributed by atoms with Gasteiger partial charge in [0.2, 0.25) is 15.9 Å². The van der Waals surface area contributed by atoms with Crippen LogP contribution in [0.5, 0.6) is 0 Å². The topological polar surface area (TPSA) is 69.7 Å². The number of carbonyl (C=O) groups excluding carboxylic acids is 1. The first-order chi connectivity index (χ1) is 15.6. The van der Waals surface area contributed by atoms with E-state index in [0.717, 1.165) is 37.8 Å². The van der Waals surface area contributed by atoms with E-state index in [1.165, 1.54) is 28.6 Å². The molecular formula is C23H26F3N3O3S. The molecule has 2 aliphatic rings. The summed E-state index contributed by atoms with van der Waals surface area (Å²) in [5, 5.41) is 2.76. The summed E-state index contributed by atoms with van der Waals surface area (Å²) < 4.78 is 65.4. The summed E-state index contributed by atoms with van der Waals surface area (Å²) in [6, 6.07) is 11.4. The van der Waals surface area contributed by atoms with Crippen LogP contribution in [-0.2, 0) is 27.5 Å². The highest BCUT2D eigenvalue weighted by molar-refractivity contribution is 7.89. The van der Waals surface area contributed by atoms with Crippen molar-refractivity contribution < 1.29 is 26.4 Å². The number of alkyl halides is 3. The predicted octanol–water partition coefficient (Wildman–Crippen LogP) is 4.09. The standard InChI is InChI=1S/C23H26F3N3O3S/c24-23(25,26)18-8-6-17(7-9-18)15-28(20-10-11-20)16-22(30)27-19-4-3-5-21(14-19)33(31,32)29-12-1-2-13-29/h3-9,14,20H,1-2,10-13,15-16H2,(H,27,30). The van der Waals surface area contributed by atoms with Crippen LogP contribution in [-0.4, -0.2) is 49.2 Å². The van der Waals surface area contributed by atoms with Crippen molar-refractivity contribution in [3.63, 3.8) is 0 Å². The first kappa shape index (κ1) is 23.7. The van der Waals surface area contributed by atoms with Gasteiger partial charge >= 0.3 is 6.18 Å². The fourth-order valence-corrected chi connectivity index (χ4v) is 5.55. The minimum atomic E-state index is -4.38. The lowest BCUT2D eigenvalue weighted by Gasteiger charge is -2.22. The molecule has 1 amide bonds. The maximum Gasteiger partial charge on any atom is 0.416 e. The molecule has 0 unspecified atom stereocenters. The largest absolute Gasteiger partial charge is 0.416 e. The average molecular weight is 482 g/mol. The Morgan fingerprint density at radius 1 is 1.06 bits per heavy atom. The van der Waals surface area contributed by atoms with Gasteiger partial charge in [0.05, 0.1) is 17.0 Å². The van der Waals surface area contributed by atoms with E-state index >= 15 is 0 Å². The van der Waals surface area contributed by atoms with Crippen molar-refractivity contribution in [3.05, 3.63) is 59.7 Å². The average Bonchev–Trinajstić information content (AvgIpc) is 3.46. The van der Waals surface area contributed by atoms with Gasteiger partial charge in [0.25, 0.3) is 0 Å². The molecule has 6 nitrogen and oxygen atoms in total. The van der Waals surface area contributed by atoms with Gasteiger partial charge in [-0.3, -0.25) is 9.69 Å². The molecule has 1 heterocycles. The third kappa shape index (κ3) is 5.93. The molecule has 0 atom stereocenters. The Hall–Kier alpha value is -2.43. The lowest BCUT2D eigenvalue weighted by molar-refractivity contribution is -0.137. The van der Waals surface area contributed by atoms with Crippen molar-refractivity contribution in [2.24, 2.45) is 0 Å². The Kier molecular flexibility index (Phi) is 6.78. The molecule has 0 aromatic heterocycles. The molecular weight excluding hydrogens is 455 g/mol. The van der Waals surface area contributed by atoms with Crippen molar-refractivity contribution in [1.29, 1.82) is 0 Å². The van der Waals surface area contributed by atoms with Crippen molar-refractivity contribution in [2.45, 2.75) is 49.3 Å². The van der Waals surface area contributed by atoms with Gasteiger partial charge in [-0.2, -0.15) is 17.5 Å². The van der Waals surface area contributed by atoms with Crippen molar-refractivity contribution in [1.82, 2.24) is 9.21 Å². The molecule has 2 aromatic rings. The third-order valence-corrected chi connectivity index (χ3v) is 7.79. The van der Waals surface area contributed by atoms with Crippen LogP contribution in [0, 0.1) is 0 Å². The summed E-state index contributed by atoms with van der Waals surface area (Å²) in [5.41, 5.74) is 0.387. The molecule has 0 bridgehead atoms. The molecule has 1 aliphatic heterocycles. The van der Waals surface area contributed by atoms with E-state index < -0.39 is 21.8 Å². The number of nitrogens with zero attached hydrogens (tertiary/aromatic N) is 2. The smallest absolute Gasteiger partial charge is 0.325 e. The second kappa shape index (κ2) is 9.44. The van der Waals surface area contributed by atoms with Gasteiger partial charge < -0.3 is 5.32 Å². The third-order valence-electron chi connectivity index (χ3n) is 5.90. The molecule has 2 fully saturated rings. The van der Waals surface area contributed by atoms with Gasteiger partial charge in [0.15, 0.2) is 0 Å². The number of carbonyl (C=O) groups is 1. The van der Waals surface area contributed by atoms with E-state index in [9.17, 15) is 26.4 Å². The lowest BCUT2D eigenvalue weighted by atomic mass is 10.1. The molecule has 1 saturated heterocycles. The normalized spacial score (nSPS) is 17.5. The van der Waals surface area contributed by atoms with Crippen LogP contribution in [0.4, 0.5) is 18.9 Å². The minimum Gasteiger partial charge on any atom is -0.325 e. The number of benzene rings is 2. The van der Waals surface area contributed by atoms with E-state index in [1.54, 1.807) is 12.1 Å². The van der Waals surface area contributed by atoms with E-state index in [2.05, 4.69) is 5.32 Å². The number of halogens is 3. The van der Waals surface area contributed by atoms with Crippen molar-refractivity contribution in [2.75, 3.05) is 25.0 Å². The van der Waals surface area contributed by atoms with E-state index in [0.29, 0.717) is 30.9 Å².